The summed E-state index contributed by atoms with van der Waals surface area (Å²) in [7, 11) is 0. The van der Waals surface area contributed by atoms with Crippen LogP contribution in [0.25, 0.3) is 0 Å². The number of carbonyl (C=O) groups excluding carboxylic acids is 1. The fourth-order valence-electron chi connectivity index (χ4n) is 1.30. The molecule has 0 atom stereocenters. The van der Waals surface area contributed by atoms with Gasteiger partial charge in [-0.1, -0.05) is 11.6 Å². The number of Topliss-reactive ketones (excluding diaryl/α,β-unsaturated/α-hetero) is 1. The van der Waals surface area contributed by atoms with Gasteiger partial charge in [0.15, 0.2) is 5.78 Å². The SMILES string of the molecule is Cc1ncc(C(=O)Cc2ccncc2Cl)s1. The van der Waals surface area contributed by atoms with Crippen LogP contribution in [0, 0.1) is 6.92 Å². The molecule has 0 fully saturated rings. The largest absolute Gasteiger partial charge is 0.293 e. The van der Waals surface area contributed by atoms with Crippen LogP contribution in [0.1, 0.15) is 20.2 Å². The van der Waals surface area contributed by atoms with E-state index in [9.17, 15) is 4.79 Å². The van der Waals surface area contributed by atoms with Gasteiger partial charge in [0.25, 0.3) is 0 Å². The first-order valence-corrected chi connectivity index (χ1v) is 5.90. The van der Waals surface area contributed by atoms with Crippen molar-refractivity contribution >= 4 is 28.7 Å². The second kappa shape index (κ2) is 4.72. The van der Waals surface area contributed by atoms with E-state index in [1.807, 2.05) is 6.92 Å². The Hall–Kier alpha value is -1.26. The van der Waals surface area contributed by atoms with E-state index in [0.29, 0.717) is 16.3 Å². The van der Waals surface area contributed by atoms with Crippen molar-refractivity contribution in [3.63, 3.8) is 0 Å². The third kappa shape index (κ3) is 2.46. The van der Waals surface area contributed by atoms with Gasteiger partial charge in [-0.3, -0.25) is 9.78 Å². The lowest BCUT2D eigenvalue weighted by Gasteiger charge is -2.00. The Kier molecular flexibility index (Phi) is 3.31. The minimum atomic E-state index is 0.0405. The quantitative estimate of drug-likeness (QED) is 0.789. The first-order valence-electron chi connectivity index (χ1n) is 4.71. The van der Waals surface area contributed by atoms with Crippen molar-refractivity contribution in [2.75, 3.05) is 0 Å². The van der Waals surface area contributed by atoms with Crippen molar-refractivity contribution in [1.29, 1.82) is 0 Å². The average Bonchev–Trinajstić information content (AvgIpc) is 2.68. The third-order valence-corrected chi connectivity index (χ3v) is 3.40. The van der Waals surface area contributed by atoms with Gasteiger partial charge < -0.3 is 0 Å². The van der Waals surface area contributed by atoms with E-state index in [1.54, 1.807) is 24.7 Å². The van der Waals surface area contributed by atoms with E-state index in [4.69, 9.17) is 11.6 Å². The van der Waals surface area contributed by atoms with Gasteiger partial charge in [0.05, 0.1) is 14.9 Å². The van der Waals surface area contributed by atoms with Crippen LogP contribution in [-0.4, -0.2) is 15.8 Å². The zero-order chi connectivity index (χ0) is 11.5. The molecule has 2 heterocycles. The monoisotopic (exact) mass is 252 g/mol. The van der Waals surface area contributed by atoms with Crippen LogP contribution in [-0.2, 0) is 6.42 Å². The zero-order valence-electron chi connectivity index (χ0n) is 8.61. The lowest BCUT2D eigenvalue weighted by molar-refractivity contribution is 0.0996. The van der Waals surface area contributed by atoms with Crippen molar-refractivity contribution in [2.24, 2.45) is 0 Å². The summed E-state index contributed by atoms with van der Waals surface area (Å²) >= 11 is 7.34. The fourth-order valence-corrected chi connectivity index (χ4v) is 2.20. The molecule has 0 spiro atoms. The highest BCUT2D eigenvalue weighted by Gasteiger charge is 2.11. The standard InChI is InChI=1S/C11H9ClN2OS/c1-7-14-6-11(16-7)10(15)4-8-2-3-13-5-9(8)12/h2-3,5-6H,4H2,1H3. The van der Waals surface area contributed by atoms with Crippen molar-refractivity contribution in [1.82, 2.24) is 9.97 Å². The number of pyridine rings is 1. The second-order valence-corrected chi connectivity index (χ2v) is 4.95. The Morgan fingerprint density at radius 1 is 1.50 bits per heavy atom. The highest BCUT2D eigenvalue weighted by Crippen LogP contribution is 2.18. The molecular formula is C11H9ClN2OS. The Balaban J connectivity index is 2.17. The number of nitrogens with zero attached hydrogens (tertiary/aromatic N) is 2. The van der Waals surface area contributed by atoms with Crippen LogP contribution in [0.15, 0.2) is 24.7 Å². The molecule has 82 valence electrons. The maximum atomic E-state index is 11.9. The fraction of sp³-hybridized carbons (Fsp3) is 0.182. The van der Waals surface area contributed by atoms with Gasteiger partial charge in [0.1, 0.15) is 0 Å². The van der Waals surface area contributed by atoms with Gasteiger partial charge in [-0.25, -0.2) is 4.98 Å². The van der Waals surface area contributed by atoms with Gasteiger partial charge in [0, 0.05) is 25.0 Å². The van der Waals surface area contributed by atoms with E-state index >= 15 is 0 Å². The predicted octanol–water partition coefficient (Wildman–Crippen LogP) is 2.93. The summed E-state index contributed by atoms with van der Waals surface area (Å²) in [5, 5.41) is 1.42. The first-order chi connectivity index (χ1) is 7.66. The Labute approximate surface area is 102 Å². The van der Waals surface area contributed by atoms with E-state index in [1.165, 1.54) is 11.3 Å². The summed E-state index contributed by atoms with van der Waals surface area (Å²) in [6, 6.07) is 1.76. The summed E-state index contributed by atoms with van der Waals surface area (Å²) in [4.78, 5) is 20.5. The van der Waals surface area contributed by atoms with Crippen LogP contribution in [0.5, 0.6) is 0 Å². The van der Waals surface area contributed by atoms with Crippen molar-refractivity contribution in [3.8, 4) is 0 Å². The molecule has 16 heavy (non-hydrogen) atoms. The van der Waals surface area contributed by atoms with Gasteiger partial charge in [-0.05, 0) is 18.6 Å². The molecule has 0 aliphatic heterocycles. The molecule has 0 amide bonds. The number of hydrogen-bond donors (Lipinski definition) is 0. The van der Waals surface area contributed by atoms with Gasteiger partial charge in [0.2, 0.25) is 0 Å². The molecule has 0 N–H and O–H groups in total. The van der Waals surface area contributed by atoms with E-state index < -0.39 is 0 Å². The average molecular weight is 253 g/mol. The summed E-state index contributed by atoms with van der Waals surface area (Å²) in [5.74, 6) is 0.0405. The lowest BCUT2D eigenvalue weighted by atomic mass is 10.1. The Bertz CT molecular complexity index is 524. The molecule has 2 rings (SSSR count). The minimum absolute atomic E-state index is 0.0405. The number of ketones is 1. The highest BCUT2D eigenvalue weighted by atomic mass is 35.5. The number of carbonyl (C=O) groups is 1. The Morgan fingerprint density at radius 2 is 2.31 bits per heavy atom. The zero-order valence-corrected chi connectivity index (χ0v) is 10.2. The first kappa shape index (κ1) is 11.2. The summed E-state index contributed by atoms with van der Waals surface area (Å²) in [6.45, 7) is 1.88. The number of thiazole rings is 1. The molecule has 0 aliphatic carbocycles. The van der Waals surface area contributed by atoms with Crippen LogP contribution < -0.4 is 0 Å². The molecule has 2 aromatic rings. The van der Waals surface area contributed by atoms with Crippen molar-refractivity contribution in [3.05, 3.63) is 45.1 Å². The smallest absolute Gasteiger partial charge is 0.178 e. The molecule has 0 saturated carbocycles. The highest BCUT2D eigenvalue weighted by molar-refractivity contribution is 7.13. The van der Waals surface area contributed by atoms with Crippen LogP contribution >= 0.6 is 22.9 Å². The summed E-state index contributed by atoms with van der Waals surface area (Å²) in [6.07, 6.45) is 5.08. The molecule has 3 nitrogen and oxygen atoms in total. The molecule has 2 aromatic heterocycles. The maximum Gasteiger partial charge on any atom is 0.178 e. The molecule has 0 aliphatic rings. The third-order valence-electron chi connectivity index (χ3n) is 2.10. The number of halogens is 1. The minimum Gasteiger partial charge on any atom is -0.293 e. The molecule has 0 aromatic carbocycles. The summed E-state index contributed by atoms with van der Waals surface area (Å²) < 4.78 is 0. The maximum absolute atomic E-state index is 11.9. The van der Waals surface area contributed by atoms with E-state index in [2.05, 4.69) is 9.97 Å². The Morgan fingerprint density at radius 3 is 2.94 bits per heavy atom. The van der Waals surface area contributed by atoms with Crippen LogP contribution in [0.3, 0.4) is 0 Å². The number of aryl methyl sites for hydroxylation is 1. The predicted molar refractivity (Wildman–Crippen MR) is 64.1 cm³/mol. The lowest BCUT2D eigenvalue weighted by Crippen LogP contribution is -2.01. The van der Waals surface area contributed by atoms with E-state index in [-0.39, 0.29) is 5.78 Å². The molecule has 0 unspecified atom stereocenters. The van der Waals surface area contributed by atoms with Crippen molar-refractivity contribution in [2.45, 2.75) is 13.3 Å². The molecule has 5 heteroatoms. The van der Waals surface area contributed by atoms with Gasteiger partial charge >= 0.3 is 0 Å². The molecular weight excluding hydrogens is 244 g/mol. The summed E-state index contributed by atoms with van der Waals surface area (Å²) in [5.41, 5.74) is 0.799. The topological polar surface area (TPSA) is 42.9 Å². The number of rotatable bonds is 3. The molecule has 0 saturated heterocycles. The molecule has 0 bridgehead atoms. The van der Waals surface area contributed by atoms with E-state index in [0.717, 1.165) is 10.6 Å². The molecule has 0 radical (unpaired) electrons. The van der Waals surface area contributed by atoms with Gasteiger partial charge in [-0.2, -0.15) is 0 Å². The van der Waals surface area contributed by atoms with Crippen LogP contribution in [0.4, 0.5) is 0 Å². The second-order valence-electron chi connectivity index (χ2n) is 3.31. The van der Waals surface area contributed by atoms with Crippen molar-refractivity contribution < 1.29 is 4.79 Å². The number of hydrogen-bond acceptors (Lipinski definition) is 4. The van der Waals surface area contributed by atoms with Gasteiger partial charge in [-0.15, -0.1) is 11.3 Å². The van der Waals surface area contributed by atoms with Crippen LogP contribution in [0.2, 0.25) is 5.02 Å². The number of aromatic nitrogens is 2. The normalized spacial score (nSPS) is 10.4.